The quantitative estimate of drug-likeness (QED) is 0.781. The van der Waals surface area contributed by atoms with Crippen LogP contribution in [0.2, 0.25) is 0 Å². The van der Waals surface area contributed by atoms with Crippen LogP contribution in [0.3, 0.4) is 0 Å². The van der Waals surface area contributed by atoms with Crippen molar-refractivity contribution in [2.24, 2.45) is 5.41 Å². The van der Waals surface area contributed by atoms with E-state index in [4.69, 9.17) is 0 Å². The second kappa shape index (κ2) is 8.82. The first-order valence-corrected chi connectivity index (χ1v) is 11.2. The number of likely N-dealkylation sites (N-methyl/N-ethyl adjacent to an activating group) is 1. The van der Waals surface area contributed by atoms with E-state index >= 15 is 0 Å². The first kappa shape index (κ1) is 20.3. The average molecular weight is 399 g/mol. The van der Waals surface area contributed by atoms with Crippen LogP contribution in [0.15, 0.2) is 24.5 Å². The molecule has 1 unspecified atom stereocenters. The molecule has 0 N–H and O–H groups in total. The molecule has 4 heterocycles. The maximum absolute atomic E-state index is 13.0. The Balaban J connectivity index is 1.32. The number of carbonyl (C=O) groups is 2. The zero-order valence-electron chi connectivity index (χ0n) is 17.7. The molecule has 29 heavy (non-hydrogen) atoms. The molecule has 1 atom stereocenters. The van der Waals surface area contributed by atoms with E-state index in [1.807, 2.05) is 12.3 Å². The maximum atomic E-state index is 13.0. The van der Waals surface area contributed by atoms with Gasteiger partial charge in [-0.1, -0.05) is 12.5 Å². The van der Waals surface area contributed by atoms with Crippen molar-refractivity contribution in [2.75, 3.05) is 39.8 Å². The average Bonchev–Trinajstić information content (AvgIpc) is 2.76. The summed E-state index contributed by atoms with van der Waals surface area (Å²) in [5.74, 6) is 0.601. The van der Waals surface area contributed by atoms with Gasteiger partial charge in [0.25, 0.3) is 0 Å². The smallest absolute Gasteiger partial charge is 0.239 e. The minimum atomic E-state index is 0.0710. The predicted octanol–water partition coefficient (Wildman–Crippen LogP) is 2.34. The molecule has 1 spiro atoms. The first-order valence-electron chi connectivity index (χ1n) is 11.2. The van der Waals surface area contributed by atoms with E-state index in [1.54, 1.807) is 6.20 Å². The number of piperidine rings is 3. The van der Waals surface area contributed by atoms with Crippen LogP contribution in [0.25, 0.3) is 0 Å². The molecule has 0 radical (unpaired) electrons. The van der Waals surface area contributed by atoms with E-state index in [1.165, 1.54) is 12.0 Å². The Morgan fingerprint density at radius 3 is 2.76 bits per heavy atom. The monoisotopic (exact) mass is 398 g/mol. The Labute approximate surface area is 174 Å². The van der Waals surface area contributed by atoms with E-state index in [2.05, 4.69) is 32.8 Å². The summed E-state index contributed by atoms with van der Waals surface area (Å²) >= 11 is 0. The number of pyridine rings is 1. The number of likely N-dealkylation sites (tertiary alicyclic amines) is 3. The van der Waals surface area contributed by atoms with Gasteiger partial charge in [-0.15, -0.1) is 0 Å². The highest BCUT2D eigenvalue weighted by atomic mass is 16.2. The molecule has 2 amide bonds. The number of rotatable bonds is 4. The summed E-state index contributed by atoms with van der Waals surface area (Å²) in [6.45, 7) is 4.32. The van der Waals surface area contributed by atoms with E-state index in [9.17, 15) is 9.59 Å². The van der Waals surface area contributed by atoms with Crippen molar-refractivity contribution in [1.82, 2.24) is 19.7 Å². The van der Waals surface area contributed by atoms with E-state index in [-0.39, 0.29) is 17.4 Å². The van der Waals surface area contributed by atoms with Crippen LogP contribution in [0.4, 0.5) is 0 Å². The van der Waals surface area contributed by atoms with Crippen molar-refractivity contribution in [2.45, 2.75) is 57.4 Å². The fraction of sp³-hybridized carbons (Fsp3) is 0.696. The molecular formula is C23H34N4O2. The van der Waals surface area contributed by atoms with E-state index < -0.39 is 0 Å². The molecule has 3 saturated heterocycles. The van der Waals surface area contributed by atoms with Crippen molar-refractivity contribution in [3.8, 4) is 0 Å². The van der Waals surface area contributed by atoms with E-state index in [0.29, 0.717) is 12.3 Å². The van der Waals surface area contributed by atoms with Crippen molar-refractivity contribution >= 4 is 11.8 Å². The highest BCUT2D eigenvalue weighted by Crippen LogP contribution is 2.40. The highest BCUT2D eigenvalue weighted by Gasteiger charge is 2.42. The van der Waals surface area contributed by atoms with Crippen LogP contribution in [-0.4, -0.2) is 77.3 Å². The molecule has 3 aliphatic heterocycles. The minimum Gasteiger partial charge on any atom is -0.342 e. The molecule has 3 aliphatic rings. The molecule has 6 heteroatoms. The van der Waals surface area contributed by atoms with Crippen molar-refractivity contribution in [1.29, 1.82) is 0 Å². The lowest BCUT2D eigenvalue weighted by molar-refractivity contribution is -0.145. The van der Waals surface area contributed by atoms with Crippen LogP contribution < -0.4 is 0 Å². The van der Waals surface area contributed by atoms with Gasteiger partial charge in [-0.05, 0) is 69.2 Å². The Morgan fingerprint density at radius 2 is 2.03 bits per heavy atom. The van der Waals surface area contributed by atoms with Gasteiger partial charge >= 0.3 is 0 Å². The van der Waals surface area contributed by atoms with Crippen molar-refractivity contribution in [3.05, 3.63) is 30.1 Å². The third-order valence-corrected chi connectivity index (χ3v) is 7.33. The van der Waals surface area contributed by atoms with Gasteiger partial charge in [0.15, 0.2) is 0 Å². The van der Waals surface area contributed by atoms with E-state index in [0.717, 1.165) is 71.2 Å². The summed E-state index contributed by atoms with van der Waals surface area (Å²) in [5.41, 5.74) is 1.37. The first-order chi connectivity index (χ1) is 14.1. The van der Waals surface area contributed by atoms with Gasteiger partial charge < -0.3 is 9.80 Å². The SMILES string of the molecule is CN1CCCCC1C(=O)N1CCC2(CCC(=O)N(CCc3cccnc3)C2)CC1. The van der Waals surface area contributed by atoms with Gasteiger partial charge in [0.2, 0.25) is 11.8 Å². The van der Waals surface area contributed by atoms with Gasteiger partial charge in [0.1, 0.15) is 0 Å². The Morgan fingerprint density at radius 1 is 1.21 bits per heavy atom. The highest BCUT2D eigenvalue weighted by molar-refractivity contribution is 5.82. The number of amides is 2. The van der Waals surface area contributed by atoms with Gasteiger partial charge in [-0.25, -0.2) is 0 Å². The lowest BCUT2D eigenvalue weighted by Crippen LogP contribution is -2.55. The number of aromatic nitrogens is 1. The minimum absolute atomic E-state index is 0.0710. The largest absolute Gasteiger partial charge is 0.342 e. The number of hydrogen-bond acceptors (Lipinski definition) is 4. The zero-order valence-corrected chi connectivity index (χ0v) is 17.7. The number of hydrogen-bond donors (Lipinski definition) is 0. The third kappa shape index (κ3) is 4.63. The summed E-state index contributed by atoms with van der Waals surface area (Å²) < 4.78 is 0. The fourth-order valence-corrected chi connectivity index (χ4v) is 5.32. The lowest BCUT2D eigenvalue weighted by atomic mass is 9.72. The molecule has 0 aromatic carbocycles. The van der Waals surface area contributed by atoms with Gasteiger partial charge in [-0.2, -0.15) is 0 Å². The molecule has 158 valence electrons. The lowest BCUT2D eigenvalue weighted by Gasteiger charge is -2.48. The topological polar surface area (TPSA) is 56.8 Å². The molecule has 0 bridgehead atoms. The van der Waals surface area contributed by atoms with Crippen LogP contribution in [0, 0.1) is 5.41 Å². The van der Waals surface area contributed by atoms with Gasteiger partial charge in [-0.3, -0.25) is 19.5 Å². The molecule has 1 aromatic heterocycles. The zero-order chi connectivity index (χ0) is 20.3. The summed E-state index contributed by atoms with van der Waals surface area (Å²) in [6.07, 6.45) is 11.5. The van der Waals surface area contributed by atoms with Gasteiger partial charge in [0.05, 0.1) is 6.04 Å². The Kier molecular flexibility index (Phi) is 6.18. The van der Waals surface area contributed by atoms with Gasteiger partial charge in [0, 0.05) is 45.0 Å². The molecule has 3 fully saturated rings. The second-order valence-corrected chi connectivity index (χ2v) is 9.24. The normalized spacial score (nSPS) is 25.4. The van der Waals surface area contributed by atoms with Crippen molar-refractivity contribution < 1.29 is 9.59 Å². The third-order valence-electron chi connectivity index (χ3n) is 7.33. The fourth-order valence-electron chi connectivity index (χ4n) is 5.32. The molecular weight excluding hydrogens is 364 g/mol. The van der Waals surface area contributed by atoms with Crippen molar-refractivity contribution in [3.63, 3.8) is 0 Å². The van der Waals surface area contributed by atoms with Crippen LogP contribution in [0.5, 0.6) is 0 Å². The summed E-state index contributed by atoms with van der Waals surface area (Å²) in [4.78, 5) is 36.1. The number of nitrogens with zero attached hydrogens (tertiary/aromatic N) is 4. The molecule has 6 nitrogen and oxygen atoms in total. The second-order valence-electron chi connectivity index (χ2n) is 9.24. The molecule has 0 saturated carbocycles. The molecule has 4 rings (SSSR count). The van der Waals surface area contributed by atoms with Crippen LogP contribution in [-0.2, 0) is 16.0 Å². The summed E-state index contributed by atoms with van der Waals surface area (Å²) in [6, 6.07) is 4.09. The Bertz CT molecular complexity index is 715. The summed E-state index contributed by atoms with van der Waals surface area (Å²) in [5, 5.41) is 0. The van der Waals surface area contributed by atoms with Crippen LogP contribution >= 0.6 is 0 Å². The maximum Gasteiger partial charge on any atom is 0.239 e. The van der Waals surface area contributed by atoms with Crippen LogP contribution in [0.1, 0.15) is 50.5 Å². The summed E-state index contributed by atoms with van der Waals surface area (Å²) in [7, 11) is 2.08. The molecule has 0 aliphatic carbocycles. The number of carbonyl (C=O) groups excluding carboxylic acids is 2. The Hall–Kier alpha value is -1.95. The standard InChI is InChI=1S/C23H34N4O2/c1-25-13-3-2-6-20(25)22(29)26-15-10-23(11-16-26)9-7-21(28)27(18-23)14-8-19-5-4-12-24-17-19/h4-5,12,17,20H,2-3,6-11,13-16,18H2,1H3. The molecule has 1 aromatic rings. The predicted molar refractivity (Wildman–Crippen MR) is 112 cm³/mol.